The molecule has 0 fully saturated rings. The number of guanidine groups is 1. The van der Waals surface area contributed by atoms with E-state index in [1.54, 1.807) is 12.1 Å². The molecule has 1 aromatic rings. The van der Waals surface area contributed by atoms with Gasteiger partial charge in [0.15, 0.2) is 10.9 Å². The van der Waals surface area contributed by atoms with Gasteiger partial charge in [-0.25, -0.2) is 4.79 Å². The molecule has 2 aliphatic rings. The van der Waals surface area contributed by atoms with Gasteiger partial charge in [0, 0.05) is 0 Å². The number of amidine groups is 2. The van der Waals surface area contributed by atoms with Crippen molar-refractivity contribution in [2.45, 2.75) is 0 Å². The van der Waals surface area contributed by atoms with Crippen LogP contribution < -0.4 is 0 Å². The molecule has 0 saturated heterocycles. The molecule has 3 rings (SSSR count). The number of hydrogen-bond acceptors (Lipinski definition) is 7. The standard InChI is InChI=1S/C10H8N5O2S/c1-18-10-11-5-15(6-16)9(13-10)12-8(14-15)7-3-2-4-17-7/h2-6H,1H3/q+1. The highest BCUT2D eigenvalue weighted by Gasteiger charge is 2.44. The van der Waals surface area contributed by atoms with Crippen molar-refractivity contribution in [3.63, 3.8) is 0 Å². The predicted octanol–water partition coefficient (Wildman–Crippen LogP) is 1.04. The van der Waals surface area contributed by atoms with E-state index in [1.165, 1.54) is 24.4 Å². The SMILES string of the molecule is CSC1=NC2=NC(c3ccco3)=N[N+]2(C=O)C=N1. The minimum atomic E-state index is -0.472. The minimum absolute atomic E-state index is 0.274. The number of nitrogens with zero attached hydrogens (tertiary/aromatic N) is 5. The van der Waals surface area contributed by atoms with Gasteiger partial charge in [0.2, 0.25) is 6.34 Å². The highest BCUT2D eigenvalue weighted by Crippen LogP contribution is 2.22. The molecule has 8 heteroatoms. The molecule has 0 saturated carbocycles. The second-order valence-corrected chi connectivity index (χ2v) is 4.27. The summed E-state index contributed by atoms with van der Waals surface area (Å²) in [5.74, 6) is 1.10. The molecule has 0 bridgehead atoms. The lowest BCUT2D eigenvalue weighted by Crippen LogP contribution is -2.45. The number of quaternary nitrogens is 1. The number of rotatable bonds is 2. The van der Waals surface area contributed by atoms with Crippen molar-refractivity contribution >= 4 is 41.5 Å². The van der Waals surface area contributed by atoms with Crippen LogP contribution in [0.1, 0.15) is 5.76 Å². The Hall–Kier alpha value is -2.06. The summed E-state index contributed by atoms with van der Waals surface area (Å²) < 4.78 is 4.73. The highest BCUT2D eigenvalue weighted by molar-refractivity contribution is 8.13. The number of carbonyl (C=O) groups is 1. The fourth-order valence-corrected chi connectivity index (χ4v) is 1.86. The van der Waals surface area contributed by atoms with E-state index in [0.717, 1.165) is 0 Å². The van der Waals surface area contributed by atoms with Crippen molar-refractivity contribution in [3.05, 3.63) is 24.2 Å². The molecule has 0 radical (unpaired) electrons. The van der Waals surface area contributed by atoms with E-state index in [-0.39, 0.29) is 5.96 Å². The van der Waals surface area contributed by atoms with Gasteiger partial charge >= 0.3 is 12.4 Å². The number of fused-ring (bicyclic) bond motifs is 1. The molecular weight excluding hydrogens is 254 g/mol. The molecule has 0 N–H and O–H groups in total. The van der Waals surface area contributed by atoms with Gasteiger partial charge in [-0.2, -0.15) is 4.99 Å². The molecular formula is C10H8N5O2S+. The van der Waals surface area contributed by atoms with Crippen LogP contribution >= 0.6 is 11.8 Å². The van der Waals surface area contributed by atoms with E-state index in [0.29, 0.717) is 23.2 Å². The van der Waals surface area contributed by atoms with E-state index >= 15 is 0 Å². The quantitative estimate of drug-likeness (QED) is 0.590. The maximum Gasteiger partial charge on any atom is 0.374 e. The van der Waals surface area contributed by atoms with Gasteiger partial charge < -0.3 is 4.42 Å². The molecule has 2 aliphatic heterocycles. The van der Waals surface area contributed by atoms with Crippen LogP contribution in [0, 0.1) is 0 Å². The van der Waals surface area contributed by atoms with E-state index in [2.05, 4.69) is 20.1 Å². The van der Waals surface area contributed by atoms with Crippen LogP contribution in [0.3, 0.4) is 0 Å². The third-order valence-corrected chi connectivity index (χ3v) is 2.97. The lowest BCUT2D eigenvalue weighted by Gasteiger charge is -2.15. The number of thioether (sulfide) groups is 1. The molecule has 1 amide bonds. The zero-order valence-electron chi connectivity index (χ0n) is 9.35. The Morgan fingerprint density at radius 3 is 3.00 bits per heavy atom. The lowest BCUT2D eigenvalue weighted by atomic mass is 10.4. The fraction of sp³-hybridized carbons (Fsp3) is 0.100. The van der Waals surface area contributed by atoms with Crippen LogP contribution in [-0.4, -0.2) is 40.6 Å². The molecule has 3 heterocycles. The molecule has 1 aromatic heterocycles. The topological polar surface area (TPSA) is 79.6 Å². The summed E-state index contributed by atoms with van der Waals surface area (Å²) >= 11 is 1.37. The second-order valence-electron chi connectivity index (χ2n) is 3.50. The first-order valence-corrected chi connectivity index (χ1v) is 6.26. The van der Waals surface area contributed by atoms with Crippen molar-refractivity contribution in [1.82, 2.24) is 0 Å². The number of amides is 1. The fourth-order valence-electron chi connectivity index (χ4n) is 1.54. The first-order valence-electron chi connectivity index (χ1n) is 5.03. The van der Waals surface area contributed by atoms with Gasteiger partial charge in [0.05, 0.1) is 6.26 Å². The largest absolute Gasteiger partial charge is 0.461 e. The van der Waals surface area contributed by atoms with Gasteiger partial charge in [-0.15, -0.1) is 9.98 Å². The average molecular weight is 262 g/mol. The van der Waals surface area contributed by atoms with Crippen LogP contribution in [0.2, 0.25) is 0 Å². The number of aliphatic imine (C=N–C) groups is 3. The second kappa shape index (κ2) is 4.00. The zero-order valence-corrected chi connectivity index (χ0v) is 10.2. The molecule has 7 nitrogen and oxygen atoms in total. The Labute approximate surface area is 106 Å². The first-order chi connectivity index (χ1) is 8.77. The monoisotopic (exact) mass is 262 g/mol. The molecule has 0 aliphatic carbocycles. The molecule has 1 unspecified atom stereocenters. The van der Waals surface area contributed by atoms with Gasteiger partial charge in [-0.3, -0.25) is 0 Å². The molecule has 18 heavy (non-hydrogen) atoms. The maximum atomic E-state index is 11.3. The smallest absolute Gasteiger partial charge is 0.374 e. The summed E-state index contributed by atoms with van der Waals surface area (Å²) in [6.45, 7) is 0. The van der Waals surface area contributed by atoms with Crippen molar-refractivity contribution in [3.8, 4) is 0 Å². The van der Waals surface area contributed by atoms with Gasteiger partial charge in [-0.05, 0) is 28.1 Å². The zero-order chi connectivity index (χ0) is 12.6. The van der Waals surface area contributed by atoms with Gasteiger partial charge in [-0.1, -0.05) is 11.8 Å². The average Bonchev–Trinajstić information content (AvgIpc) is 3.04. The van der Waals surface area contributed by atoms with Crippen LogP contribution in [0.25, 0.3) is 0 Å². The minimum Gasteiger partial charge on any atom is -0.461 e. The molecule has 0 aromatic carbocycles. The van der Waals surface area contributed by atoms with Crippen molar-refractivity contribution in [1.29, 1.82) is 0 Å². The van der Waals surface area contributed by atoms with Crippen LogP contribution in [0.5, 0.6) is 0 Å². The molecule has 0 spiro atoms. The van der Waals surface area contributed by atoms with Crippen LogP contribution in [-0.2, 0) is 4.79 Å². The summed E-state index contributed by atoms with van der Waals surface area (Å²) in [6.07, 6.45) is 5.39. The normalized spacial score (nSPS) is 25.3. The van der Waals surface area contributed by atoms with Crippen molar-refractivity contribution < 1.29 is 13.8 Å². The Balaban J connectivity index is 2.09. The summed E-state index contributed by atoms with van der Waals surface area (Å²) in [5, 5.41) is 4.74. The number of furan rings is 1. The van der Waals surface area contributed by atoms with Crippen LogP contribution in [0.15, 0.2) is 42.9 Å². The maximum absolute atomic E-state index is 11.3. The summed E-state index contributed by atoms with van der Waals surface area (Å²) in [5.41, 5.74) is 0. The van der Waals surface area contributed by atoms with E-state index in [9.17, 15) is 4.79 Å². The Morgan fingerprint density at radius 1 is 1.44 bits per heavy atom. The molecule has 1 atom stereocenters. The predicted molar refractivity (Wildman–Crippen MR) is 68.4 cm³/mol. The van der Waals surface area contributed by atoms with Gasteiger partial charge in [0.25, 0.3) is 5.84 Å². The third-order valence-electron chi connectivity index (χ3n) is 2.41. The third kappa shape index (κ3) is 1.54. The Morgan fingerprint density at radius 2 is 2.33 bits per heavy atom. The van der Waals surface area contributed by atoms with Crippen molar-refractivity contribution in [2.75, 3.05) is 6.26 Å². The summed E-state index contributed by atoms with van der Waals surface area (Å²) in [7, 11) is 0. The van der Waals surface area contributed by atoms with Crippen molar-refractivity contribution in [2.24, 2.45) is 20.1 Å². The Bertz CT molecular complexity index is 616. The summed E-state index contributed by atoms with van der Waals surface area (Å²) in [4.78, 5) is 23.7. The summed E-state index contributed by atoms with van der Waals surface area (Å²) in [6, 6.07) is 3.45. The molecule has 90 valence electrons. The Kier molecular flexibility index (Phi) is 2.46. The first kappa shape index (κ1) is 11.1. The lowest BCUT2D eigenvalue weighted by molar-refractivity contribution is -0.652. The highest BCUT2D eigenvalue weighted by atomic mass is 32.2. The van der Waals surface area contributed by atoms with Gasteiger partial charge in [0.1, 0.15) is 0 Å². The number of carbonyl (C=O) groups excluding carboxylic acids is 1. The van der Waals surface area contributed by atoms with E-state index < -0.39 is 4.59 Å². The van der Waals surface area contributed by atoms with E-state index in [1.807, 2.05) is 6.26 Å². The number of hydrogen-bond donors (Lipinski definition) is 0. The van der Waals surface area contributed by atoms with E-state index in [4.69, 9.17) is 4.42 Å². The van der Waals surface area contributed by atoms with Crippen LogP contribution in [0.4, 0.5) is 0 Å².